The van der Waals surface area contributed by atoms with E-state index in [-0.39, 0.29) is 5.82 Å². The SMILES string of the molecule is CCCCCC(CNC)c1ccccc1F. The Balaban J connectivity index is 2.65. The third kappa shape index (κ3) is 3.93. The molecule has 0 radical (unpaired) electrons. The summed E-state index contributed by atoms with van der Waals surface area (Å²) in [5.74, 6) is 0.233. The Bertz CT molecular complexity index is 299. The van der Waals surface area contributed by atoms with Crippen molar-refractivity contribution < 1.29 is 4.39 Å². The molecule has 1 N–H and O–H groups in total. The standard InChI is InChI=1S/C14H22FN/c1-3-4-5-8-12(11-16-2)13-9-6-7-10-14(13)15/h6-7,9-10,12,16H,3-5,8,11H2,1-2H3. The van der Waals surface area contributed by atoms with Gasteiger partial charge in [0.1, 0.15) is 5.82 Å². The van der Waals surface area contributed by atoms with E-state index in [9.17, 15) is 4.39 Å². The maximum absolute atomic E-state index is 13.6. The van der Waals surface area contributed by atoms with Crippen molar-refractivity contribution in [2.24, 2.45) is 0 Å². The van der Waals surface area contributed by atoms with Crippen molar-refractivity contribution in [3.63, 3.8) is 0 Å². The van der Waals surface area contributed by atoms with Crippen LogP contribution in [0.15, 0.2) is 24.3 Å². The molecule has 1 aromatic rings. The Morgan fingerprint density at radius 3 is 2.62 bits per heavy atom. The lowest BCUT2D eigenvalue weighted by Crippen LogP contribution is -2.18. The van der Waals surface area contributed by atoms with Gasteiger partial charge < -0.3 is 5.32 Å². The van der Waals surface area contributed by atoms with Crippen molar-refractivity contribution in [2.45, 2.75) is 38.5 Å². The number of likely N-dealkylation sites (N-methyl/N-ethyl adjacent to an activating group) is 1. The fraction of sp³-hybridized carbons (Fsp3) is 0.571. The fourth-order valence-corrected chi connectivity index (χ4v) is 2.06. The van der Waals surface area contributed by atoms with Crippen LogP contribution in [0.25, 0.3) is 0 Å². The second-order valence-electron chi connectivity index (χ2n) is 4.27. The first-order valence-electron chi connectivity index (χ1n) is 6.18. The Labute approximate surface area is 98.1 Å². The predicted octanol–water partition coefficient (Wildman–Crippen LogP) is 3.71. The van der Waals surface area contributed by atoms with Gasteiger partial charge in [-0.1, -0.05) is 44.4 Å². The highest BCUT2D eigenvalue weighted by Crippen LogP contribution is 2.24. The van der Waals surface area contributed by atoms with Gasteiger partial charge in [-0.15, -0.1) is 0 Å². The number of hydrogen-bond acceptors (Lipinski definition) is 1. The molecule has 0 fully saturated rings. The molecule has 0 saturated heterocycles. The van der Waals surface area contributed by atoms with E-state index in [0.717, 1.165) is 18.5 Å². The van der Waals surface area contributed by atoms with Gasteiger partial charge in [0.25, 0.3) is 0 Å². The molecule has 16 heavy (non-hydrogen) atoms. The summed E-state index contributed by atoms with van der Waals surface area (Å²) in [6, 6.07) is 7.13. The van der Waals surface area contributed by atoms with Crippen LogP contribution in [0, 0.1) is 5.82 Å². The topological polar surface area (TPSA) is 12.0 Å². The third-order valence-corrected chi connectivity index (χ3v) is 2.95. The molecular formula is C14H22FN. The first kappa shape index (κ1) is 13.2. The monoisotopic (exact) mass is 223 g/mol. The van der Waals surface area contributed by atoms with E-state index in [0.29, 0.717) is 5.92 Å². The van der Waals surface area contributed by atoms with Gasteiger partial charge in [0.2, 0.25) is 0 Å². The Morgan fingerprint density at radius 1 is 1.25 bits per heavy atom. The van der Waals surface area contributed by atoms with E-state index in [1.807, 2.05) is 19.2 Å². The normalized spacial score (nSPS) is 12.7. The smallest absolute Gasteiger partial charge is 0.126 e. The highest BCUT2D eigenvalue weighted by molar-refractivity contribution is 5.22. The summed E-state index contributed by atoms with van der Waals surface area (Å²) in [5.41, 5.74) is 0.855. The molecule has 1 rings (SSSR count). The predicted molar refractivity (Wildman–Crippen MR) is 67.2 cm³/mol. The third-order valence-electron chi connectivity index (χ3n) is 2.95. The van der Waals surface area contributed by atoms with E-state index in [2.05, 4.69) is 12.2 Å². The van der Waals surface area contributed by atoms with Crippen LogP contribution >= 0.6 is 0 Å². The molecule has 0 amide bonds. The first-order valence-corrected chi connectivity index (χ1v) is 6.18. The maximum Gasteiger partial charge on any atom is 0.126 e. The number of benzene rings is 1. The summed E-state index contributed by atoms with van der Waals surface area (Å²) in [6.45, 7) is 3.04. The van der Waals surface area contributed by atoms with Gasteiger partial charge in [-0.05, 0) is 31.0 Å². The zero-order valence-corrected chi connectivity index (χ0v) is 10.3. The molecule has 0 spiro atoms. The van der Waals surface area contributed by atoms with Crippen LogP contribution < -0.4 is 5.32 Å². The summed E-state index contributed by atoms with van der Waals surface area (Å²) < 4.78 is 13.6. The number of unbranched alkanes of at least 4 members (excludes halogenated alkanes) is 2. The Morgan fingerprint density at radius 2 is 2.00 bits per heavy atom. The Kier molecular flexibility index (Phi) is 6.09. The average molecular weight is 223 g/mol. The summed E-state index contributed by atoms with van der Waals surface area (Å²) >= 11 is 0. The van der Waals surface area contributed by atoms with Gasteiger partial charge in [0.05, 0.1) is 0 Å². The number of nitrogens with one attached hydrogen (secondary N) is 1. The van der Waals surface area contributed by atoms with Crippen molar-refractivity contribution in [2.75, 3.05) is 13.6 Å². The molecular weight excluding hydrogens is 201 g/mol. The summed E-state index contributed by atoms with van der Waals surface area (Å²) in [5, 5.41) is 3.15. The maximum atomic E-state index is 13.6. The largest absolute Gasteiger partial charge is 0.319 e. The van der Waals surface area contributed by atoms with Crippen molar-refractivity contribution >= 4 is 0 Å². The van der Waals surface area contributed by atoms with E-state index < -0.39 is 0 Å². The molecule has 0 aromatic heterocycles. The Hall–Kier alpha value is -0.890. The van der Waals surface area contributed by atoms with Crippen LogP contribution in [-0.2, 0) is 0 Å². The van der Waals surface area contributed by atoms with Gasteiger partial charge in [0, 0.05) is 6.54 Å². The van der Waals surface area contributed by atoms with Crippen LogP contribution in [0.1, 0.15) is 44.1 Å². The molecule has 0 bridgehead atoms. The summed E-state index contributed by atoms with van der Waals surface area (Å²) in [7, 11) is 1.92. The molecule has 0 aliphatic rings. The van der Waals surface area contributed by atoms with E-state index in [1.54, 1.807) is 12.1 Å². The average Bonchev–Trinajstić information content (AvgIpc) is 2.29. The molecule has 0 aliphatic heterocycles. The van der Waals surface area contributed by atoms with Crippen LogP contribution in [0.5, 0.6) is 0 Å². The zero-order valence-electron chi connectivity index (χ0n) is 10.3. The second-order valence-corrected chi connectivity index (χ2v) is 4.27. The van der Waals surface area contributed by atoms with Crippen molar-refractivity contribution in [3.8, 4) is 0 Å². The molecule has 1 aromatic carbocycles. The van der Waals surface area contributed by atoms with Gasteiger partial charge in [0.15, 0.2) is 0 Å². The number of halogens is 1. The molecule has 0 saturated carbocycles. The lowest BCUT2D eigenvalue weighted by molar-refractivity contribution is 0.511. The van der Waals surface area contributed by atoms with Crippen molar-refractivity contribution in [3.05, 3.63) is 35.6 Å². The molecule has 90 valence electrons. The molecule has 0 heterocycles. The van der Waals surface area contributed by atoms with Gasteiger partial charge in [-0.3, -0.25) is 0 Å². The van der Waals surface area contributed by atoms with Crippen molar-refractivity contribution in [1.29, 1.82) is 0 Å². The molecule has 1 unspecified atom stereocenters. The fourth-order valence-electron chi connectivity index (χ4n) is 2.06. The number of rotatable bonds is 7. The van der Waals surface area contributed by atoms with E-state index in [4.69, 9.17) is 0 Å². The van der Waals surface area contributed by atoms with E-state index in [1.165, 1.54) is 19.3 Å². The number of hydrogen-bond donors (Lipinski definition) is 1. The molecule has 2 heteroatoms. The minimum Gasteiger partial charge on any atom is -0.319 e. The van der Waals surface area contributed by atoms with Gasteiger partial charge >= 0.3 is 0 Å². The van der Waals surface area contributed by atoms with Crippen molar-refractivity contribution in [1.82, 2.24) is 5.32 Å². The highest BCUT2D eigenvalue weighted by Gasteiger charge is 2.13. The first-order chi connectivity index (χ1) is 7.79. The lowest BCUT2D eigenvalue weighted by Gasteiger charge is -2.17. The molecule has 1 atom stereocenters. The second kappa shape index (κ2) is 7.39. The summed E-state index contributed by atoms with van der Waals surface area (Å²) in [6.07, 6.45) is 4.69. The van der Waals surface area contributed by atoms with Gasteiger partial charge in [-0.25, -0.2) is 4.39 Å². The van der Waals surface area contributed by atoms with Crippen LogP contribution in [0.4, 0.5) is 4.39 Å². The molecule has 0 aliphatic carbocycles. The summed E-state index contributed by atoms with van der Waals surface area (Å²) in [4.78, 5) is 0. The highest BCUT2D eigenvalue weighted by atomic mass is 19.1. The minimum atomic E-state index is -0.0701. The van der Waals surface area contributed by atoms with E-state index >= 15 is 0 Å². The molecule has 1 nitrogen and oxygen atoms in total. The van der Waals surface area contributed by atoms with Crippen LogP contribution in [-0.4, -0.2) is 13.6 Å². The lowest BCUT2D eigenvalue weighted by atomic mass is 9.92. The van der Waals surface area contributed by atoms with Crippen LogP contribution in [0.2, 0.25) is 0 Å². The zero-order chi connectivity index (χ0) is 11.8. The van der Waals surface area contributed by atoms with Gasteiger partial charge in [-0.2, -0.15) is 0 Å². The van der Waals surface area contributed by atoms with Crippen LogP contribution in [0.3, 0.4) is 0 Å². The minimum absolute atomic E-state index is 0.0701. The quantitative estimate of drug-likeness (QED) is 0.695.